The molecule has 2 atom stereocenters. The van der Waals surface area contributed by atoms with Crippen molar-refractivity contribution in [1.29, 1.82) is 0 Å². The van der Waals surface area contributed by atoms with E-state index in [4.69, 9.17) is 15.9 Å². The van der Waals surface area contributed by atoms with Crippen LogP contribution in [0.2, 0.25) is 0 Å². The highest BCUT2D eigenvalue weighted by molar-refractivity contribution is 5.26. The monoisotopic (exact) mass is 260 g/mol. The molecule has 1 aromatic rings. The summed E-state index contributed by atoms with van der Waals surface area (Å²) in [4.78, 5) is 0. The lowest BCUT2D eigenvalue weighted by molar-refractivity contribution is 0.0370. The van der Waals surface area contributed by atoms with Crippen molar-refractivity contribution in [3.05, 3.63) is 42.0 Å². The van der Waals surface area contributed by atoms with Crippen molar-refractivity contribution in [2.45, 2.75) is 32.2 Å². The number of hydrogen-bond acceptors (Lipinski definition) is 3. The smallest absolute Gasteiger partial charge is 0.118 e. The molecule has 0 amide bonds. The Morgan fingerprint density at radius 2 is 2.05 bits per heavy atom. The van der Waals surface area contributed by atoms with E-state index in [2.05, 4.69) is 12.5 Å². The van der Waals surface area contributed by atoms with E-state index in [-0.39, 0.29) is 6.10 Å². The van der Waals surface area contributed by atoms with Gasteiger partial charge < -0.3 is 14.6 Å². The molecule has 1 rings (SSSR count). The van der Waals surface area contributed by atoms with Crippen LogP contribution in [0.4, 0.5) is 0 Å². The first-order valence-electron chi connectivity index (χ1n) is 6.11. The van der Waals surface area contributed by atoms with Crippen LogP contribution in [0.1, 0.15) is 18.9 Å². The minimum Gasteiger partial charge on any atom is -0.497 e. The molecule has 0 aliphatic heterocycles. The second kappa shape index (κ2) is 7.63. The summed E-state index contributed by atoms with van der Waals surface area (Å²) in [5.74, 6) is 3.09. The van der Waals surface area contributed by atoms with Gasteiger partial charge in [0, 0.05) is 6.42 Å². The molecule has 1 N–H and O–H groups in total. The maximum Gasteiger partial charge on any atom is 0.118 e. The third-order valence-corrected chi connectivity index (χ3v) is 2.79. The van der Waals surface area contributed by atoms with Crippen LogP contribution in [0.5, 0.6) is 5.75 Å². The van der Waals surface area contributed by atoms with Crippen LogP contribution in [0.15, 0.2) is 36.4 Å². The molecular weight excluding hydrogens is 240 g/mol. The summed E-state index contributed by atoms with van der Waals surface area (Å²) >= 11 is 0. The van der Waals surface area contributed by atoms with Crippen molar-refractivity contribution < 1.29 is 14.6 Å². The van der Waals surface area contributed by atoms with Gasteiger partial charge >= 0.3 is 0 Å². The quantitative estimate of drug-likeness (QED) is 0.605. The van der Waals surface area contributed by atoms with Crippen LogP contribution in [0.3, 0.4) is 0 Å². The number of aliphatic hydroxyl groups excluding tert-OH is 1. The fourth-order valence-corrected chi connectivity index (χ4v) is 1.60. The standard InChI is InChI=1S/C16H20O3/c1-5-14(17)10-16(12(2)3)19-11-13-6-8-15(18-4)9-7-13/h1,6-9,14,16-17H,2,10-11H2,3-4H3/t14-,16+/m0/s1. The Kier molecular flexibility index (Phi) is 6.14. The average molecular weight is 260 g/mol. The predicted octanol–water partition coefficient (Wildman–Crippen LogP) is 2.54. The zero-order valence-electron chi connectivity index (χ0n) is 11.4. The summed E-state index contributed by atoms with van der Waals surface area (Å²) in [6.45, 7) is 6.16. The molecule has 0 unspecified atom stereocenters. The summed E-state index contributed by atoms with van der Waals surface area (Å²) in [5, 5.41) is 9.47. The molecular formula is C16H20O3. The Labute approximate surface area is 114 Å². The summed E-state index contributed by atoms with van der Waals surface area (Å²) in [5.41, 5.74) is 1.88. The maximum atomic E-state index is 9.47. The van der Waals surface area contributed by atoms with Gasteiger partial charge in [0.2, 0.25) is 0 Å². The summed E-state index contributed by atoms with van der Waals surface area (Å²) in [6.07, 6.45) is 4.47. The minimum absolute atomic E-state index is 0.242. The number of methoxy groups -OCH3 is 1. The minimum atomic E-state index is -0.808. The van der Waals surface area contributed by atoms with Gasteiger partial charge in [-0.2, -0.15) is 0 Å². The summed E-state index contributed by atoms with van der Waals surface area (Å²) in [6, 6.07) is 7.63. The molecule has 0 bridgehead atoms. The van der Waals surface area contributed by atoms with Crippen molar-refractivity contribution in [2.24, 2.45) is 0 Å². The van der Waals surface area contributed by atoms with E-state index in [9.17, 15) is 5.11 Å². The molecule has 0 saturated heterocycles. The van der Waals surface area contributed by atoms with Gasteiger partial charge in [-0.25, -0.2) is 0 Å². The lowest BCUT2D eigenvalue weighted by Gasteiger charge is -2.19. The van der Waals surface area contributed by atoms with Gasteiger partial charge in [0.25, 0.3) is 0 Å². The molecule has 0 radical (unpaired) electrons. The second-order valence-electron chi connectivity index (χ2n) is 4.41. The summed E-state index contributed by atoms with van der Waals surface area (Å²) < 4.78 is 10.8. The van der Waals surface area contributed by atoms with Gasteiger partial charge in [0.1, 0.15) is 11.9 Å². The lowest BCUT2D eigenvalue weighted by atomic mass is 10.1. The van der Waals surface area contributed by atoms with Crippen molar-refractivity contribution in [1.82, 2.24) is 0 Å². The first-order valence-corrected chi connectivity index (χ1v) is 6.11. The second-order valence-corrected chi connectivity index (χ2v) is 4.41. The molecule has 0 saturated carbocycles. The Hall–Kier alpha value is -1.76. The van der Waals surface area contributed by atoms with Gasteiger partial charge in [-0.3, -0.25) is 0 Å². The Bertz CT molecular complexity index is 442. The molecule has 0 aliphatic rings. The van der Waals surface area contributed by atoms with Gasteiger partial charge in [-0.1, -0.05) is 30.2 Å². The van der Waals surface area contributed by atoms with Gasteiger partial charge in [-0.05, 0) is 24.6 Å². The van der Waals surface area contributed by atoms with Crippen molar-refractivity contribution in [3.8, 4) is 18.1 Å². The molecule has 19 heavy (non-hydrogen) atoms. The highest BCUT2D eigenvalue weighted by Crippen LogP contribution is 2.16. The van der Waals surface area contributed by atoms with E-state index >= 15 is 0 Å². The number of aliphatic hydroxyl groups is 1. The third kappa shape index (κ3) is 5.17. The topological polar surface area (TPSA) is 38.7 Å². The van der Waals surface area contributed by atoms with Crippen LogP contribution < -0.4 is 4.74 Å². The lowest BCUT2D eigenvalue weighted by Crippen LogP contribution is -2.20. The Morgan fingerprint density at radius 1 is 1.42 bits per heavy atom. The maximum absolute atomic E-state index is 9.47. The molecule has 0 aromatic heterocycles. The van der Waals surface area contributed by atoms with Gasteiger partial charge in [0.05, 0.1) is 19.8 Å². The molecule has 0 fully saturated rings. The average Bonchev–Trinajstić information content (AvgIpc) is 2.43. The molecule has 0 aliphatic carbocycles. The predicted molar refractivity (Wildman–Crippen MR) is 75.8 cm³/mol. The Morgan fingerprint density at radius 3 is 2.53 bits per heavy atom. The molecule has 102 valence electrons. The highest BCUT2D eigenvalue weighted by atomic mass is 16.5. The van der Waals surface area contributed by atoms with E-state index in [0.717, 1.165) is 16.9 Å². The zero-order chi connectivity index (χ0) is 14.3. The highest BCUT2D eigenvalue weighted by Gasteiger charge is 2.14. The summed E-state index contributed by atoms with van der Waals surface area (Å²) in [7, 11) is 1.63. The number of terminal acetylenes is 1. The van der Waals surface area contributed by atoms with E-state index in [1.165, 1.54) is 0 Å². The van der Waals surface area contributed by atoms with Crippen LogP contribution in [-0.2, 0) is 11.3 Å². The van der Waals surface area contributed by atoms with Crippen LogP contribution >= 0.6 is 0 Å². The number of ether oxygens (including phenoxy) is 2. The largest absolute Gasteiger partial charge is 0.497 e. The van der Waals surface area contributed by atoms with E-state index in [1.54, 1.807) is 7.11 Å². The first kappa shape index (κ1) is 15.3. The van der Waals surface area contributed by atoms with E-state index < -0.39 is 6.10 Å². The third-order valence-electron chi connectivity index (χ3n) is 2.79. The SMILES string of the molecule is C#C[C@H](O)C[C@@H](OCc1ccc(OC)cc1)C(=C)C. The molecule has 3 heteroatoms. The van der Waals surface area contributed by atoms with Crippen LogP contribution in [0, 0.1) is 12.3 Å². The van der Waals surface area contributed by atoms with Crippen molar-refractivity contribution >= 4 is 0 Å². The number of hydrogen-bond donors (Lipinski definition) is 1. The number of benzene rings is 1. The molecule has 0 heterocycles. The van der Waals surface area contributed by atoms with E-state index in [0.29, 0.717) is 13.0 Å². The Balaban J connectivity index is 2.55. The molecule has 0 spiro atoms. The van der Waals surface area contributed by atoms with Crippen LogP contribution in [-0.4, -0.2) is 24.4 Å². The first-order chi connectivity index (χ1) is 9.06. The van der Waals surface area contributed by atoms with Crippen LogP contribution in [0.25, 0.3) is 0 Å². The van der Waals surface area contributed by atoms with Crippen molar-refractivity contribution in [2.75, 3.05) is 7.11 Å². The number of rotatable bonds is 7. The normalized spacial score (nSPS) is 13.4. The zero-order valence-corrected chi connectivity index (χ0v) is 11.4. The van der Waals surface area contributed by atoms with E-state index in [1.807, 2.05) is 31.2 Å². The van der Waals surface area contributed by atoms with Crippen molar-refractivity contribution in [3.63, 3.8) is 0 Å². The molecule has 3 nitrogen and oxygen atoms in total. The fraction of sp³-hybridized carbons (Fsp3) is 0.375. The van der Waals surface area contributed by atoms with Gasteiger partial charge in [-0.15, -0.1) is 6.42 Å². The molecule has 1 aromatic carbocycles. The van der Waals surface area contributed by atoms with Gasteiger partial charge in [0.15, 0.2) is 0 Å². The fourth-order valence-electron chi connectivity index (χ4n) is 1.60.